The van der Waals surface area contributed by atoms with Gasteiger partial charge >= 0.3 is 0 Å². The van der Waals surface area contributed by atoms with Crippen LogP contribution in [0.25, 0.3) is 10.8 Å². The molecule has 0 aliphatic rings. The molecular weight excluding hydrogens is 386 g/mol. The van der Waals surface area contributed by atoms with E-state index in [1.165, 1.54) is 0 Å². The van der Waals surface area contributed by atoms with E-state index in [2.05, 4.69) is 5.32 Å². The summed E-state index contributed by atoms with van der Waals surface area (Å²) in [5.74, 6) is 1.33. The molecule has 0 spiro atoms. The summed E-state index contributed by atoms with van der Waals surface area (Å²) in [6.45, 7) is 4.82. The average Bonchev–Trinajstić information content (AvgIpc) is 2.79. The molecule has 1 N–H and O–H groups in total. The molecule has 0 aliphatic heterocycles. The fraction of sp³-hybridized carbons (Fsp3) is 0.148. The van der Waals surface area contributed by atoms with Crippen LogP contribution in [0, 0.1) is 6.92 Å². The van der Waals surface area contributed by atoms with E-state index in [9.17, 15) is 4.79 Å². The number of carbonyl (C=O) groups excluding carboxylic acids is 1. The van der Waals surface area contributed by atoms with E-state index >= 15 is 0 Å². The normalized spacial score (nSPS) is 10.6. The molecule has 4 heteroatoms. The van der Waals surface area contributed by atoms with Crippen LogP contribution < -0.4 is 14.8 Å². The molecule has 0 heterocycles. The van der Waals surface area contributed by atoms with Gasteiger partial charge in [-0.2, -0.15) is 0 Å². The van der Waals surface area contributed by atoms with Crippen molar-refractivity contribution in [2.24, 2.45) is 0 Å². The maximum absolute atomic E-state index is 13.0. The monoisotopic (exact) mass is 411 g/mol. The molecule has 0 saturated carbocycles. The second-order valence-corrected chi connectivity index (χ2v) is 7.34. The molecule has 0 saturated heterocycles. The molecule has 0 atom stereocenters. The van der Waals surface area contributed by atoms with Crippen molar-refractivity contribution >= 4 is 22.4 Å². The summed E-state index contributed by atoms with van der Waals surface area (Å²) in [6, 6.07) is 27.2. The lowest BCUT2D eigenvalue weighted by atomic mass is 10.1. The standard InChI is InChI=1S/C27H25NO3/c1-3-30-26-15-14-21(17-22(26)18-31-23-11-6-8-19(2)16-23)27(29)28-25-13-7-10-20-9-4-5-12-24(20)25/h4-17H,3,18H2,1-2H3,(H,28,29). The largest absolute Gasteiger partial charge is 0.493 e. The number of hydrogen-bond donors (Lipinski definition) is 1. The molecule has 4 aromatic rings. The van der Waals surface area contributed by atoms with E-state index < -0.39 is 0 Å². The summed E-state index contributed by atoms with van der Waals surface area (Å²) < 4.78 is 11.7. The van der Waals surface area contributed by atoms with Crippen LogP contribution in [0.3, 0.4) is 0 Å². The van der Waals surface area contributed by atoms with Crippen LogP contribution in [0.1, 0.15) is 28.4 Å². The van der Waals surface area contributed by atoms with Gasteiger partial charge in [0.05, 0.1) is 6.61 Å². The Kier molecular flexibility index (Phi) is 6.18. The van der Waals surface area contributed by atoms with Gasteiger partial charge in [0.1, 0.15) is 18.1 Å². The first kappa shape index (κ1) is 20.5. The Hall–Kier alpha value is -3.79. The number of amides is 1. The molecule has 156 valence electrons. The number of anilines is 1. The smallest absolute Gasteiger partial charge is 0.255 e. The SMILES string of the molecule is CCOc1ccc(C(=O)Nc2cccc3ccccc23)cc1COc1cccc(C)c1. The molecule has 0 radical (unpaired) electrons. The summed E-state index contributed by atoms with van der Waals surface area (Å²) in [5, 5.41) is 5.13. The van der Waals surface area contributed by atoms with Crippen LogP contribution in [0.15, 0.2) is 84.9 Å². The fourth-order valence-electron chi connectivity index (χ4n) is 3.52. The second-order valence-electron chi connectivity index (χ2n) is 7.34. The van der Waals surface area contributed by atoms with E-state index in [0.717, 1.165) is 39.1 Å². The number of nitrogens with one attached hydrogen (secondary N) is 1. The lowest BCUT2D eigenvalue weighted by Gasteiger charge is -2.14. The average molecular weight is 412 g/mol. The lowest BCUT2D eigenvalue weighted by molar-refractivity contribution is 0.102. The lowest BCUT2D eigenvalue weighted by Crippen LogP contribution is -2.13. The van der Waals surface area contributed by atoms with Crippen molar-refractivity contribution in [2.75, 3.05) is 11.9 Å². The number of ether oxygens (including phenoxy) is 2. The molecule has 1 amide bonds. The van der Waals surface area contributed by atoms with Crippen molar-refractivity contribution in [1.29, 1.82) is 0 Å². The topological polar surface area (TPSA) is 47.6 Å². The molecule has 0 bridgehead atoms. The molecule has 0 unspecified atom stereocenters. The van der Waals surface area contributed by atoms with E-state index in [1.54, 1.807) is 6.07 Å². The predicted octanol–water partition coefficient (Wildman–Crippen LogP) is 6.38. The highest BCUT2D eigenvalue weighted by Crippen LogP contribution is 2.26. The molecule has 4 rings (SSSR count). The zero-order valence-electron chi connectivity index (χ0n) is 17.7. The van der Waals surface area contributed by atoms with E-state index in [0.29, 0.717) is 18.8 Å². The van der Waals surface area contributed by atoms with Crippen molar-refractivity contribution in [3.8, 4) is 11.5 Å². The van der Waals surface area contributed by atoms with Crippen LogP contribution in [-0.2, 0) is 6.61 Å². The number of carbonyl (C=O) groups is 1. The Labute approximate surface area is 182 Å². The maximum Gasteiger partial charge on any atom is 0.255 e. The van der Waals surface area contributed by atoms with Gasteiger partial charge in [-0.15, -0.1) is 0 Å². The van der Waals surface area contributed by atoms with Crippen molar-refractivity contribution in [2.45, 2.75) is 20.5 Å². The summed E-state index contributed by atoms with van der Waals surface area (Å²) in [6.07, 6.45) is 0. The van der Waals surface area contributed by atoms with Crippen LogP contribution >= 0.6 is 0 Å². The van der Waals surface area contributed by atoms with Crippen molar-refractivity contribution in [1.82, 2.24) is 0 Å². The van der Waals surface area contributed by atoms with Gasteiger partial charge in [0.2, 0.25) is 0 Å². The minimum Gasteiger partial charge on any atom is -0.493 e. The Bertz CT molecular complexity index is 1210. The Morgan fingerprint density at radius 3 is 2.52 bits per heavy atom. The molecule has 0 fully saturated rings. The summed E-state index contributed by atoms with van der Waals surface area (Å²) in [7, 11) is 0. The molecule has 4 aromatic carbocycles. The molecule has 31 heavy (non-hydrogen) atoms. The van der Waals surface area contributed by atoms with Crippen LogP contribution in [-0.4, -0.2) is 12.5 Å². The van der Waals surface area contributed by atoms with Gasteiger partial charge in [-0.25, -0.2) is 0 Å². The fourth-order valence-corrected chi connectivity index (χ4v) is 3.52. The predicted molar refractivity (Wildman–Crippen MR) is 125 cm³/mol. The number of fused-ring (bicyclic) bond motifs is 1. The summed E-state index contributed by atoms with van der Waals surface area (Å²) in [5.41, 5.74) is 3.30. The second kappa shape index (κ2) is 9.35. The number of benzene rings is 4. The van der Waals surface area contributed by atoms with E-state index in [4.69, 9.17) is 9.47 Å². The minimum atomic E-state index is -0.170. The van der Waals surface area contributed by atoms with Crippen LogP contribution in [0.5, 0.6) is 11.5 Å². The van der Waals surface area contributed by atoms with Gasteiger partial charge in [0, 0.05) is 22.2 Å². The quantitative estimate of drug-likeness (QED) is 0.384. The van der Waals surface area contributed by atoms with Crippen molar-refractivity contribution in [3.63, 3.8) is 0 Å². The zero-order chi connectivity index (χ0) is 21.6. The molecule has 4 nitrogen and oxygen atoms in total. The highest BCUT2D eigenvalue weighted by molar-refractivity contribution is 6.09. The number of hydrogen-bond acceptors (Lipinski definition) is 3. The third-order valence-electron chi connectivity index (χ3n) is 5.04. The Balaban J connectivity index is 1.57. The minimum absolute atomic E-state index is 0.170. The van der Waals surface area contributed by atoms with E-state index in [-0.39, 0.29) is 5.91 Å². The van der Waals surface area contributed by atoms with E-state index in [1.807, 2.05) is 92.7 Å². The number of aryl methyl sites for hydroxylation is 1. The Morgan fingerprint density at radius 1 is 0.871 bits per heavy atom. The van der Waals surface area contributed by atoms with Gasteiger partial charge in [-0.1, -0.05) is 48.5 Å². The van der Waals surface area contributed by atoms with Crippen LogP contribution in [0.4, 0.5) is 5.69 Å². The third kappa shape index (κ3) is 4.86. The third-order valence-corrected chi connectivity index (χ3v) is 5.04. The summed E-state index contributed by atoms with van der Waals surface area (Å²) >= 11 is 0. The molecule has 0 aliphatic carbocycles. The zero-order valence-corrected chi connectivity index (χ0v) is 17.7. The van der Waals surface area contributed by atoms with Gasteiger partial charge in [0.15, 0.2) is 0 Å². The Morgan fingerprint density at radius 2 is 1.68 bits per heavy atom. The first-order chi connectivity index (χ1) is 15.1. The highest BCUT2D eigenvalue weighted by atomic mass is 16.5. The summed E-state index contributed by atoms with van der Waals surface area (Å²) in [4.78, 5) is 13.0. The van der Waals surface area contributed by atoms with Crippen LogP contribution in [0.2, 0.25) is 0 Å². The van der Waals surface area contributed by atoms with Gasteiger partial charge in [0.25, 0.3) is 5.91 Å². The van der Waals surface area contributed by atoms with Gasteiger partial charge in [-0.3, -0.25) is 4.79 Å². The highest BCUT2D eigenvalue weighted by Gasteiger charge is 2.13. The van der Waals surface area contributed by atoms with Crippen molar-refractivity contribution in [3.05, 3.63) is 102 Å². The van der Waals surface area contributed by atoms with Crippen molar-refractivity contribution < 1.29 is 14.3 Å². The maximum atomic E-state index is 13.0. The first-order valence-electron chi connectivity index (χ1n) is 10.4. The first-order valence-corrected chi connectivity index (χ1v) is 10.4. The number of rotatable bonds is 7. The van der Waals surface area contributed by atoms with Gasteiger partial charge in [-0.05, 0) is 61.2 Å². The van der Waals surface area contributed by atoms with Gasteiger partial charge < -0.3 is 14.8 Å². The molecular formula is C27H25NO3. The molecule has 0 aromatic heterocycles.